The summed E-state index contributed by atoms with van der Waals surface area (Å²) in [5.74, 6) is 0.858. The summed E-state index contributed by atoms with van der Waals surface area (Å²) in [6, 6.07) is 6.96. The Morgan fingerprint density at radius 2 is 2.00 bits per heavy atom. The van der Waals surface area contributed by atoms with Gasteiger partial charge in [-0.2, -0.15) is 8.42 Å². The number of likely N-dealkylation sites (tertiary alicyclic amines) is 1. The quantitative estimate of drug-likeness (QED) is 0.807. The van der Waals surface area contributed by atoms with Gasteiger partial charge in [-0.25, -0.2) is 0 Å². The van der Waals surface area contributed by atoms with E-state index in [9.17, 15) is 13.2 Å². The highest BCUT2D eigenvalue weighted by Gasteiger charge is 2.32. The Hall–Kier alpha value is -1.89. The van der Waals surface area contributed by atoms with Gasteiger partial charge in [0.05, 0.1) is 6.54 Å². The van der Waals surface area contributed by atoms with Gasteiger partial charge in [0.25, 0.3) is 10.0 Å². The molecule has 2 atom stereocenters. The highest BCUT2D eigenvalue weighted by molar-refractivity contribution is 7.90. The molecule has 136 valence electrons. The first kappa shape index (κ1) is 17.9. The first-order chi connectivity index (χ1) is 11.8. The van der Waals surface area contributed by atoms with Crippen molar-refractivity contribution >= 4 is 21.8 Å². The van der Waals surface area contributed by atoms with Gasteiger partial charge in [-0.1, -0.05) is 25.5 Å². The van der Waals surface area contributed by atoms with Gasteiger partial charge < -0.3 is 9.80 Å². The number of fused-ring (bicyclic) bond motifs is 1. The van der Waals surface area contributed by atoms with Crippen molar-refractivity contribution in [1.82, 2.24) is 9.80 Å². The number of amidine groups is 1. The summed E-state index contributed by atoms with van der Waals surface area (Å²) in [7, 11) is -1.94. The maximum atomic E-state index is 12.8. The van der Waals surface area contributed by atoms with Crippen LogP contribution in [0.2, 0.25) is 0 Å². The van der Waals surface area contributed by atoms with Gasteiger partial charge >= 0.3 is 0 Å². The molecule has 2 aliphatic rings. The third-order valence-corrected chi connectivity index (χ3v) is 6.35. The van der Waals surface area contributed by atoms with Gasteiger partial charge in [0.2, 0.25) is 5.91 Å². The van der Waals surface area contributed by atoms with Gasteiger partial charge in [0.1, 0.15) is 4.90 Å². The lowest BCUT2D eigenvalue weighted by molar-refractivity contribution is -0.133. The largest absolute Gasteiger partial charge is 0.349 e. The molecule has 7 heteroatoms. The molecule has 0 saturated carbocycles. The predicted molar refractivity (Wildman–Crippen MR) is 97.0 cm³/mol. The van der Waals surface area contributed by atoms with Gasteiger partial charge in [0, 0.05) is 25.2 Å². The average molecular weight is 363 g/mol. The van der Waals surface area contributed by atoms with E-state index in [2.05, 4.69) is 18.2 Å². The van der Waals surface area contributed by atoms with Crippen molar-refractivity contribution in [2.75, 3.05) is 20.1 Å². The Morgan fingerprint density at radius 1 is 1.28 bits per heavy atom. The van der Waals surface area contributed by atoms with Gasteiger partial charge in [0.15, 0.2) is 5.84 Å². The number of carbonyl (C=O) groups excluding carboxylic acids is 1. The van der Waals surface area contributed by atoms with Crippen LogP contribution in [-0.4, -0.2) is 56.1 Å². The number of nitrogens with zero attached hydrogens (tertiary/aromatic N) is 3. The Labute approximate surface area is 149 Å². The van der Waals surface area contributed by atoms with Crippen molar-refractivity contribution in [3.8, 4) is 0 Å². The van der Waals surface area contributed by atoms with E-state index in [0.717, 1.165) is 25.8 Å². The zero-order valence-corrected chi connectivity index (χ0v) is 15.8. The van der Waals surface area contributed by atoms with E-state index in [-0.39, 0.29) is 23.4 Å². The minimum Gasteiger partial charge on any atom is -0.349 e. The van der Waals surface area contributed by atoms with Crippen LogP contribution in [0.15, 0.2) is 33.6 Å². The Bertz CT molecular complexity index is 804. The molecule has 1 amide bonds. The van der Waals surface area contributed by atoms with E-state index in [1.54, 1.807) is 36.2 Å². The molecule has 0 bridgehead atoms. The zero-order valence-electron chi connectivity index (χ0n) is 15.0. The van der Waals surface area contributed by atoms with Gasteiger partial charge in [-0.15, -0.1) is 4.40 Å². The van der Waals surface area contributed by atoms with E-state index in [1.807, 2.05) is 4.90 Å². The standard InChI is InChI=1S/C18H25N3O3S/c1-13-7-6-8-14(2)21(11-13)17(22)12-20(3)18-15-9-4-5-10-16(15)25(23,24)19-18/h4-5,9-10,13-14H,6-8,11-12H2,1-3H3. The molecule has 3 rings (SSSR count). The second kappa shape index (κ2) is 6.78. The van der Waals surface area contributed by atoms with Crippen molar-refractivity contribution in [3.05, 3.63) is 29.8 Å². The maximum absolute atomic E-state index is 12.8. The molecule has 1 fully saturated rings. The number of amides is 1. The number of carbonyl (C=O) groups is 1. The van der Waals surface area contributed by atoms with Crippen LogP contribution in [0.5, 0.6) is 0 Å². The lowest BCUT2D eigenvalue weighted by atomic mass is 10.1. The topological polar surface area (TPSA) is 70.1 Å². The summed E-state index contributed by atoms with van der Waals surface area (Å²) in [6.45, 7) is 5.14. The molecule has 2 heterocycles. The molecular formula is C18H25N3O3S. The molecule has 6 nitrogen and oxygen atoms in total. The Morgan fingerprint density at radius 3 is 2.76 bits per heavy atom. The van der Waals surface area contributed by atoms with Crippen LogP contribution in [0.25, 0.3) is 0 Å². The van der Waals surface area contributed by atoms with Crippen LogP contribution < -0.4 is 0 Å². The lowest BCUT2D eigenvalue weighted by Crippen LogP contribution is -2.45. The summed E-state index contributed by atoms with van der Waals surface area (Å²) >= 11 is 0. The predicted octanol–water partition coefficient (Wildman–Crippen LogP) is 2.10. The summed E-state index contributed by atoms with van der Waals surface area (Å²) in [6.07, 6.45) is 3.29. The van der Waals surface area contributed by atoms with E-state index in [1.165, 1.54) is 0 Å². The molecule has 1 saturated heterocycles. The number of hydrogen-bond acceptors (Lipinski definition) is 4. The van der Waals surface area contributed by atoms with Crippen molar-refractivity contribution in [2.45, 2.75) is 44.0 Å². The fourth-order valence-electron chi connectivity index (χ4n) is 3.60. The highest BCUT2D eigenvalue weighted by Crippen LogP contribution is 2.27. The van der Waals surface area contributed by atoms with Crippen LogP contribution in [0.4, 0.5) is 0 Å². The minimum atomic E-state index is -3.66. The third-order valence-electron chi connectivity index (χ3n) is 5.03. The summed E-state index contributed by atoms with van der Waals surface area (Å²) in [5, 5.41) is 0. The molecular weight excluding hydrogens is 338 g/mol. The maximum Gasteiger partial charge on any atom is 0.285 e. The first-order valence-corrected chi connectivity index (χ1v) is 10.2. The fourth-order valence-corrected chi connectivity index (χ4v) is 4.86. The molecule has 1 aromatic carbocycles. The second-order valence-corrected chi connectivity index (χ2v) is 8.75. The van der Waals surface area contributed by atoms with Crippen LogP contribution in [0.3, 0.4) is 0 Å². The summed E-state index contributed by atoms with van der Waals surface area (Å²) < 4.78 is 28.3. The molecule has 0 aliphatic carbocycles. The van der Waals surface area contributed by atoms with E-state index < -0.39 is 10.0 Å². The SMILES string of the molecule is CC1CCCC(C)N(C(=O)CN(C)C2=NS(=O)(=O)c3ccccc32)C1. The van der Waals surface area contributed by atoms with Crippen molar-refractivity contribution in [2.24, 2.45) is 10.3 Å². The normalized spacial score (nSPS) is 25.1. The second-order valence-electron chi connectivity index (χ2n) is 7.17. The summed E-state index contributed by atoms with van der Waals surface area (Å²) in [4.78, 5) is 16.6. The molecule has 0 N–H and O–H groups in total. The van der Waals surface area contributed by atoms with Crippen LogP contribution >= 0.6 is 0 Å². The van der Waals surface area contributed by atoms with Crippen molar-refractivity contribution < 1.29 is 13.2 Å². The molecule has 1 aromatic rings. The minimum absolute atomic E-state index is 0.0215. The van der Waals surface area contributed by atoms with E-state index in [4.69, 9.17) is 0 Å². The first-order valence-electron chi connectivity index (χ1n) is 8.74. The van der Waals surface area contributed by atoms with Crippen LogP contribution in [0, 0.1) is 5.92 Å². The van der Waals surface area contributed by atoms with Crippen LogP contribution in [-0.2, 0) is 14.8 Å². The molecule has 2 aliphatic heterocycles. The van der Waals surface area contributed by atoms with Crippen molar-refractivity contribution in [1.29, 1.82) is 0 Å². The smallest absolute Gasteiger partial charge is 0.285 e. The van der Waals surface area contributed by atoms with Crippen LogP contribution in [0.1, 0.15) is 38.7 Å². The Balaban J connectivity index is 1.78. The van der Waals surface area contributed by atoms with Gasteiger partial charge in [-0.05, 0) is 37.8 Å². The number of sulfonamides is 1. The number of likely N-dealkylation sites (N-methyl/N-ethyl adjacent to an activating group) is 1. The van der Waals surface area contributed by atoms with Crippen molar-refractivity contribution in [3.63, 3.8) is 0 Å². The highest BCUT2D eigenvalue weighted by atomic mass is 32.2. The molecule has 0 radical (unpaired) electrons. The monoisotopic (exact) mass is 363 g/mol. The molecule has 25 heavy (non-hydrogen) atoms. The number of hydrogen-bond donors (Lipinski definition) is 0. The fraction of sp³-hybridized carbons (Fsp3) is 0.556. The molecule has 0 aromatic heterocycles. The third kappa shape index (κ3) is 3.56. The average Bonchev–Trinajstić information content (AvgIpc) is 2.72. The molecule has 0 spiro atoms. The number of benzene rings is 1. The zero-order chi connectivity index (χ0) is 18.2. The van der Waals surface area contributed by atoms with E-state index >= 15 is 0 Å². The van der Waals surface area contributed by atoms with Gasteiger partial charge in [-0.3, -0.25) is 4.79 Å². The lowest BCUT2D eigenvalue weighted by Gasteiger charge is -2.31. The molecule has 2 unspecified atom stereocenters. The Kier molecular flexibility index (Phi) is 4.86. The number of rotatable bonds is 2. The summed E-state index contributed by atoms with van der Waals surface area (Å²) in [5.41, 5.74) is 0.565. The van der Waals surface area contributed by atoms with E-state index in [0.29, 0.717) is 17.3 Å².